The highest BCUT2D eigenvalue weighted by molar-refractivity contribution is 7.89. The molecule has 8 heteroatoms. The fourth-order valence-corrected chi connectivity index (χ4v) is 3.18. The number of benzene rings is 2. The molecule has 0 unspecified atom stereocenters. The van der Waals surface area contributed by atoms with E-state index >= 15 is 0 Å². The molecule has 0 aromatic heterocycles. The van der Waals surface area contributed by atoms with Gasteiger partial charge in [0.15, 0.2) is 0 Å². The Balaban J connectivity index is 1.76. The van der Waals surface area contributed by atoms with Crippen molar-refractivity contribution in [1.29, 1.82) is 0 Å². The fraction of sp³-hybridized carbons (Fsp3) is 0.176. The molecule has 0 spiro atoms. The molecule has 25 heavy (non-hydrogen) atoms. The maximum atomic E-state index is 12.4. The summed E-state index contributed by atoms with van der Waals surface area (Å²) in [5.41, 5.74) is 1.55. The number of nitrogens with two attached hydrogens (primary N) is 1. The zero-order chi connectivity index (χ0) is 18.0. The molecule has 1 fully saturated rings. The van der Waals surface area contributed by atoms with Crippen molar-refractivity contribution in [3.63, 3.8) is 0 Å². The average molecular weight is 359 g/mol. The van der Waals surface area contributed by atoms with Gasteiger partial charge in [-0.2, -0.15) is 0 Å². The van der Waals surface area contributed by atoms with Crippen LogP contribution in [0.2, 0.25) is 0 Å². The number of hydrogen-bond acceptors (Lipinski definition) is 4. The highest BCUT2D eigenvalue weighted by atomic mass is 32.2. The van der Waals surface area contributed by atoms with Crippen molar-refractivity contribution >= 4 is 33.2 Å². The first kappa shape index (κ1) is 17.1. The van der Waals surface area contributed by atoms with Gasteiger partial charge in [-0.15, -0.1) is 0 Å². The molecule has 130 valence electrons. The second kappa shape index (κ2) is 6.66. The Kier molecular flexibility index (Phi) is 4.56. The zero-order valence-corrected chi connectivity index (χ0v) is 14.1. The quantitative estimate of drug-likeness (QED) is 0.866. The molecule has 2 amide bonds. The standard InChI is InChI=1S/C17H17N3O4S/c18-25(23,24)15-8-6-13(7-9-15)19-17(22)12-3-1-4-14(11-12)20-10-2-5-16(20)21/h1,3-4,6-9,11H,2,5,10H2,(H,19,22)(H2,18,23,24). The number of anilines is 2. The van der Waals surface area contributed by atoms with Crippen LogP contribution in [-0.2, 0) is 14.8 Å². The van der Waals surface area contributed by atoms with Gasteiger partial charge in [0.2, 0.25) is 15.9 Å². The summed E-state index contributed by atoms with van der Waals surface area (Å²) in [6.07, 6.45) is 1.33. The Hall–Kier alpha value is -2.71. The SMILES string of the molecule is NS(=O)(=O)c1ccc(NC(=O)c2cccc(N3CCCC3=O)c2)cc1. The average Bonchev–Trinajstić information content (AvgIpc) is 3.01. The number of hydrogen-bond donors (Lipinski definition) is 2. The first-order valence-electron chi connectivity index (χ1n) is 7.69. The van der Waals surface area contributed by atoms with Gasteiger partial charge in [-0.05, 0) is 48.9 Å². The Labute approximate surface area is 145 Å². The van der Waals surface area contributed by atoms with Crippen LogP contribution in [0.5, 0.6) is 0 Å². The molecule has 1 aliphatic heterocycles. The molecule has 2 aromatic rings. The monoisotopic (exact) mass is 359 g/mol. The van der Waals surface area contributed by atoms with E-state index in [-0.39, 0.29) is 16.7 Å². The number of primary sulfonamides is 1. The van der Waals surface area contributed by atoms with Crippen molar-refractivity contribution in [2.24, 2.45) is 5.14 Å². The number of carbonyl (C=O) groups is 2. The van der Waals surface area contributed by atoms with Crippen LogP contribution in [-0.4, -0.2) is 26.8 Å². The van der Waals surface area contributed by atoms with Gasteiger partial charge < -0.3 is 10.2 Å². The molecule has 1 aliphatic rings. The molecule has 0 atom stereocenters. The lowest BCUT2D eigenvalue weighted by molar-refractivity contribution is -0.117. The zero-order valence-electron chi connectivity index (χ0n) is 13.3. The van der Waals surface area contributed by atoms with Crippen molar-refractivity contribution in [3.8, 4) is 0 Å². The van der Waals surface area contributed by atoms with Gasteiger partial charge in [-0.3, -0.25) is 9.59 Å². The van der Waals surface area contributed by atoms with Crippen LogP contribution in [0.25, 0.3) is 0 Å². The maximum Gasteiger partial charge on any atom is 0.255 e. The first-order valence-corrected chi connectivity index (χ1v) is 9.24. The minimum absolute atomic E-state index is 0.0277. The van der Waals surface area contributed by atoms with Gasteiger partial charge in [0.1, 0.15) is 0 Å². The molecule has 2 aromatic carbocycles. The first-order chi connectivity index (χ1) is 11.8. The van der Waals surface area contributed by atoms with Gasteiger partial charge in [-0.1, -0.05) is 6.07 Å². The topological polar surface area (TPSA) is 110 Å². The summed E-state index contributed by atoms with van der Waals surface area (Å²) < 4.78 is 22.5. The summed E-state index contributed by atoms with van der Waals surface area (Å²) in [4.78, 5) is 25.8. The lowest BCUT2D eigenvalue weighted by Gasteiger charge is -2.16. The molecule has 0 saturated carbocycles. The molecule has 3 rings (SSSR count). The molecular weight excluding hydrogens is 342 g/mol. The fourth-order valence-electron chi connectivity index (χ4n) is 2.67. The smallest absolute Gasteiger partial charge is 0.255 e. The minimum Gasteiger partial charge on any atom is -0.322 e. The van der Waals surface area contributed by atoms with Crippen LogP contribution in [0.4, 0.5) is 11.4 Å². The summed E-state index contributed by atoms with van der Waals surface area (Å²) in [6, 6.07) is 12.4. The number of carbonyl (C=O) groups excluding carboxylic acids is 2. The molecule has 7 nitrogen and oxygen atoms in total. The third kappa shape index (κ3) is 3.86. The Morgan fingerprint density at radius 3 is 2.44 bits per heavy atom. The van der Waals surface area contributed by atoms with E-state index in [1.165, 1.54) is 24.3 Å². The number of nitrogens with one attached hydrogen (secondary N) is 1. The van der Waals surface area contributed by atoms with Crippen LogP contribution < -0.4 is 15.4 Å². The molecule has 1 heterocycles. The second-order valence-corrected chi connectivity index (χ2v) is 7.28. The van der Waals surface area contributed by atoms with E-state index in [0.717, 1.165) is 6.42 Å². The van der Waals surface area contributed by atoms with Crippen molar-refractivity contribution in [2.75, 3.05) is 16.8 Å². The molecule has 1 saturated heterocycles. The Morgan fingerprint density at radius 2 is 1.84 bits per heavy atom. The molecule has 0 bridgehead atoms. The lowest BCUT2D eigenvalue weighted by atomic mass is 10.1. The predicted octanol–water partition coefficient (Wildman–Crippen LogP) is 1.71. The second-order valence-electron chi connectivity index (χ2n) is 5.72. The van der Waals surface area contributed by atoms with E-state index in [2.05, 4.69) is 5.32 Å². The van der Waals surface area contributed by atoms with Gasteiger partial charge in [0, 0.05) is 29.9 Å². The number of sulfonamides is 1. The van der Waals surface area contributed by atoms with Crippen molar-refractivity contribution in [2.45, 2.75) is 17.7 Å². The Morgan fingerprint density at radius 1 is 1.12 bits per heavy atom. The van der Waals surface area contributed by atoms with E-state index < -0.39 is 10.0 Å². The minimum atomic E-state index is -3.77. The summed E-state index contributed by atoms with van der Waals surface area (Å²) in [5.74, 6) is -0.298. The van der Waals surface area contributed by atoms with E-state index in [1.54, 1.807) is 29.2 Å². The highest BCUT2D eigenvalue weighted by Crippen LogP contribution is 2.23. The van der Waals surface area contributed by atoms with E-state index in [0.29, 0.717) is 29.9 Å². The molecule has 0 aliphatic carbocycles. The van der Waals surface area contributed by atoms with Crippen LogP contribution in [0, 0.1) is 0 Å². The molecule has 3 N–H and O–H groups in total. The third-order valence-corrected chi connectivity index (χ3v) is 4.86. The van der Waals surface area contributed by atoms with Gasteiger partial charge in [0.25, 0.3) is 5.91 Å². The van der Waals surface area contributed by atoms with E-state index in [1.807, 2.05) is 0 Å². The predicted molar refractivity (Wildman–Crippen MR) is 93.8 cm³/mol. The largest absolute Gasteiger partial charge is 0.322 e. The van der Waals surface area contributed by atoms with Gasteiger partial charge in [0.05, 0.1) is 4.90 Å². The van der Waals surface area contributed by atoms with E-state index in [4.69, 9.17) is 5.14 Å². The van der Waals surface area contributed by atoms with Crippen LogP contribution in [0.3, 0.4) is 0 Å². The summed E-state index contributed by atoms with van der Waals surface area (Å²) in [7, 11) is -3.77. The molecule has 0 radical (unpaired) electrons. The van der Waals surface area contributed by atoms with Crippen LogP contribution >= 0.6 is 0 Å². The normalized spacial score (nSPS) is 14.6. The highest BCUT2D eigenvalue weighted by Gasteiger charge is 2.22. The summed E-state index contributed by atoms with van der Waals surface area (Å²) in [5, 5.41) is 7.73. The van der Waals surface area contributed by atoms with Crippen LogP contribution in [0.1, 0.15) is 23.2 Å². The summed E-state index contributed by atoms with van der Waals surface area (Å²) >= 11 is 0. The number of nitrogens with zero attached hydrogens (tertiary/aromatic N) is 1. The van der Waals surface area contributed by atoms with Crippen molar-refractivity contribution < 1.29 is 18.0 Å². The number of amides is 2. The maximum absolute atomic E-state index is 12.4. The third-order valence-electron chi connectivity index (χ3n) is 3.93. The van der Waals surface area contributed by atoms with Crippen LogP contribution in [0.15, 0.2) is 53.4 Å². The van der Waals surface area contributed by atoms with E-state index in [9.17, 15) is 18.0 Å². The number of rotatable bonds is 4. The van der Waals surface area contributed by atoms with Crippen molar-refractivity contribution in [1.82, 2.24) is 0 Å². The lowest BCUT2D eigenvalue weighted by Crippen LogP contribution is -2.24. The van der Waals surface area contributed by atoms with Gasteiger partial charge >= 0.3 is 0 Å². The van der Waals surface area contributed by atoms with Crippen molar-refractivity contribution in [3.05, 3.63) is 54.1 Å². The van der Waals surface area contributed by atoms with Gasteiger partial charge in [-0.25, -0.2) is 13.6 Å². The summed E-state index contributed by atoms with van der Waals surface area (Å²) in [6.45, 7) is 0.652. The molecular formula is C17H17N3O4S. The Bertz CT molecular complexity index is 923.